The normalized spacial score (nSPS) is 12.6. The topological polar surface area (TPSA) is 29.9 Å². The number of aryl methyl sites for hydroxylation is 1. The Morgan fingerprint density at radius 1 is 1.35 bits per heavy atom. The van der Waals surface area contributed by atoms with Crippen LogP contribution in [0.2, 0.25) is 0 Å². The molecule has 0 spiro atoms. The molecule has 0 saturated carbocycles. The highest BCUT2D eigenvalue weighted by Gasteiger charge is 2.05. The fourth-order valence-corrected chi connectivity index (χ4v) is 1.70. The summed E-state index contributed by atoms with van der Waals surface area (Å²) in [7, 11) is 1.90. The molecule has 0 radical (unpaired) electrons. The summed E-state index contributed by atoms with van der Waals surface area (Å²) in [5.74, 6) is -0.201. The van der Waals surface area contributed by atoms with Crippen LogP contribution in [0.15, 0.2) is 36.7 Å². The molecule has 1 aromatic carbocycles. The minimum Gasteiger partial charge on any atom is -0.306 e. The van der Waals surface area contributed by atoms with Crippen LogP contribution in [0.4, 0.5) is 4.39 Å². The van der Waals surface area contributed by atoms with Crippen LogP contribution in [-0.4, -0.2) is 9.78 Å². The average Bonchev–Trinajstić information content (AvgIpc) is 2.73. The van der Waals surface area contributed by atoms with Gasteiger partial charge in [0, 0.05) is 31.4 Å². The molecule has 0 unspecified atom stereocenters. The fraction of sp³-hybridized carbons (Fsp3) is 0.308. The second-order valence-electron chi connectivity index (χ2n) is 4.18. The average molecular weight is 233 g/mol. The first-order valence-corrected chi connectivity index (χ1v) is 5.61. The largest absolute Gasteiger partial charge is 0.306 e. The van der Waals surface area contributed by atoms with Crippen molar-refractivity contribution in [2.75, 3.05) is 0 Å². The predicted octanol–water partition coefficient (Wildman–Crippen LogP) is 2.41. The second kappa shape index (κ2) is 5.10. The van der Waals surface area contributed by atoms with Crippen LogP contribution in [0.5, 0.6) is 0 Å². The lowest BCUT2D eigenvalue weighted by molar-refractivity contribution is 0.571. The van der Waals surface area contributed by atoms with Gasteiger partial charge < -0.3 is 5.32 Å². The molecular weight excluding hydrogens is 217 g/mol. The highest BCUT2D eigenvalue weighted by atomic mass is 19.1. The van der Waals surface area contributed by atoms with Crippen LogP contribution in [0.1, 0.15) is 24.1 Å². The molecule has 0 aliphatic carbocycles. The third-order valence-electron chi connectivity index (χ3n) is 2.74. The maximum absolute atomic E-state index is 12.8. The Balaban J connectivity index is 1.93. The van der Waals surface area contributed by atoms with Crippen LogP contribution >= 0.6 is 0 Å². The molecule has 0 saturated heterocycles. The van der Waals surface area contributed by atoms with Crippen molar-refractivity contribution in [3.05, 3.63) is 53.6 Å². The minimum absolute atomic E-state index is 0.191. The number of halogens is 1. The van der Waals surface area contributed by atoms with E-state index in [2.05, 4.69) is 17.3 Å². The zero-order chi connectivity index (χ0) is 12.3. The first kappa shape index (κ1) is 11.8. The zero-order valence-corrected chi connectivity index (χ0v) is 10.0. The quantitative estimate of drug-likeness (QED) is 0.878. The van der Waals surface area contributed by atoms with Gasteiger partial charge in [-0.15, -0.1) is 0 Å². The van der Waals surface area contributed by atoms with E-state index < -0.39 is 0 Å². The lowest BCUT2D eigenvalue weighted by Crippen LogP contribution is -2.17. The number of nitrogens with zero attached hydrogens (tertiary/aromatic N) is 2. The molecule has 1 atom stereocenters. The Kier molecular flexibility index (Phi) is 3.54. The van der Waals surface area contributed by atoms with Gasteiger partial charge in [0.25, 0.3) is 0 Å². The van der Waals surface area contributed by atoms with Gasteiger partial charge in [0.2, 0.25) is 0 Å². The Labute approximate surface area is 100 Å². The molecule has 1 N–H and O–H groups in total. The van der Waals surface area contributed by atoms with E-state index in [4.69, 9.17) is 0 Å². The Morgan fingerprint density at radius 2 is 2.06 bits per heavy atom. The van der Waals surface area contributed by atoms with Crippen molar-refractivity contribution >= 4 is 0 Å². The summed E-state index contributed by atoms with van der Waals surface area (Å²) >= 11 is 0. The molecule has 2 rings (SSSR count). The van der Waals surface area contributed by atoms with Gasteiger partial charge in [-0.25, -0.2) is 4.39 Å². The summed E-state index contributed by atoms with van der Waals surface area (Å²) in [5, 5.41) is 7.48. The second-order valence-corrected chi connectivity index (χ2v) is 4.18. The Bertz CT molecular complexity index is 476. The van der Waals surface area contributed by atoms with E-state index in [-0.39, 0.29) is 11.9 Å². The van der Waals surface area contributed by atoms with E-state index in [1.54, 1.807) is 16.8 Å². The van der Waals surface area contributed by atoms with Crippen LogP contribution < -0.4 is 5.32 Å². The van der Waals surface area contributed by atoms with Crippen LogP contribution in [0.3, 0.4) is 0 Å². The van der Waals surface area contributed by atoms with Crippen LogP contribution in [-0.2, 0) is 13.6 Å². The third kappa shape index (κ3) is 3.14. The molecule has 4 heteroatoms. The molecule has 1 aromatic heterocycles. The van der Waals surface area contributed by atoms with Gasteiger partial charge in [-0.1, -0.05) is 12.1 Å². The third-order valence-corrected chi connectivity index (χ3v) is 2.74. The van der Waals surface area contributed by atoms with Crippen molar-refractivity contribution in [3.8, 4) is 0 Å². The van der Waals surface area contributed by atoms with E-state index in [0.29, 0.717) is 0 Å². The van der Waals surface area contributed by atoms with Gasteiger partial charge in [0.05, 0.1) is 6.20 Å². The summed E-state index contributed by atoms with van der Waals surface area (Å²) in [6, 6.07) is 6.76. The molecule has 2 aromatic rings. The van der Waals surface area contributed by atoms with Gasteiger partial charge in [0.1, 0.15) is 5.82 Å². The van der Waals surface area contributed by atoms with Gasteiger partial charge in [0.15, 0.2) is 0 Å². The summed E-state index contributed by atoms with van der Waals surface area (Å²) in [6.45, 7) is 2.82. The first-order chi connectivity index (χ1) is 8.15. The van der Waals surface area contributed by atoms with E-state index in [0.717, 1.165) is 17.7 Å². The number of hydrogen-bond donors (Lipinski definition) is 1. The van der Waals surface area contributed by atoms with Crippen LogP contribution in [0.25, 0.3) is 0 Å². The molecule has 3 nitrogen and oxygen atoms in total. The molecule has 1 heterocycles. The standard InChI is InChI=1S/C13H16FN3/c1-10(12-3-5-13(14)6-4-12)15-7-11-8-16-17(2)9-11/h3-6,8-10,15H,7H2,1-2H3/t10-/m1/s1. The summed E-state index contributed by atoms with van der Waals surface area (Å²) < 4.78 is 14.5. The number of aromatic nitrogens is 2. The molecule has 0 aliphatic heterocycles. The minimum atomic E-state index is -0.201. The lowest BCUT2D eigenvalue weighted by atomic mass is 10.1. The monoisotopic (exact) mass is 233 g/mol. The highest BCUT2D eigenvalue weighted by Crippen LogP contribution is 2.13. The summed E-state index contributed by atoms with van der Waals surface area (Å²) in [5.41, 5.74) is 2.22. The van der Waals surface area contributed by atoms with Crippen molar-refractivity contribution in [2.45, 2.75) is 19.5 Å². The van der Waals surface area contributed by atoms with Gasteiger partial charge in [-0.2, -0.15) is 5.10 Å². The van der Waals surface area contributed by atoms with Gasteiger partial charge in [-0.05, 0) is 24.6 Å². The number of hydrogen-bond acceptors (Lipinski definition) is 2. The summed E-state index contributed by atoms with van der Waals surface area (Å²) in [4.78, 5) is 0. The van der Waals surface area contributed by atoms with Crippen molar-refractivity contribution in [1.82, 2.24) is 15.1 Å². The number of rotatable bonds is 4. The van der Waals surface area contributed by atoms with Crippen molar-refractivity contribution in [2.24, 2.45) is 7.05 Å². The molecule has 90 valence electrons. The molecule has 0 bridgehead atoms. The Hall–Kier alpha value is -1.68. The highest BCUT2D eigenvalue weighted by molar-refractivity contribution is 5.19. The number of nitrogens with one attached hydrogen (secondary N) is 1. The van der Waals surface area contributed by atoms with Gasteiger partial charge >= 0.3 is 0 Å². The molecule has 0 amide bonds. The van der Waals surface area contributed by atoms with E-state index in [9.17, 15) is 4.39 Å². The van der Waals surface area contributed by atoms with E-state index in [1.165, 1.54) is 12.1 Å². The predicted molar refractivity (Wildman–Crippen MR) is 64.9 cm³/mol. The first-order valence-electron chi connectivity index (χ1n) is 5.61. The fourth-order valence-electron chi connectivity index (χ4n) is 1.70. The molecule has 0 fully saturated rings. The van der Waals surface area contributed by atoms with Crippen molar-refractivity contribution < 1.29 is 4.39 Å². The molecular formula is C13H16FN3. The van der Waals surface area contributed by atoms with Crippen LogP contribution in [0, 0.1) is 5.82 Å². The molecule has 17 heavy (non-hydrogen) atoms. The smallest absolute Gasteiger partial charge is 0.123 e. The van der Waals surface area contributed by atoms with Crippen molar-refractivity contribution in [3.63, 3.8) is 0 Å². The Morgan fingerprint density at radius 3 is 2.65 bits per heavy atom. The van der Waals surface area contributed by atoms with E-state index >= 15 is 0 Å². The number of benzene rings is 1. The maximum atomic E-state index is 12.8. The lowest BCUT2D eigenvalue weighted by Gasteiger charge is -2.13. The van der Waals surface area contributed by atoms with E-state index in [1.807, 2.05) is 19.4 Å². The molecule has 0 aliphatic rings. The maximum Gasteiger partial charge on any atom is 0.123 e. The van der Waals surface area contributed by atoms with Gasteiger partial charge in [-0.3, -0.25) is 4.68 Å². The SMILES string of the molecule is C[C@@H](NCc1cnn(C)c1)c1ccc(F)cc1. The van der Waals surface area contributed by atoms with Crippen molar-refractivity contribution in [1.29, 1.82) is 0 Å². The zero-order valence-electron chi connectivity index (χ0n) is 10.0. The summed E-state index contributed by atoms with van der Waals surface area (Å²) in [6.07, 6.45) is 3.81.